The van der Waals surface area contributed by atoms with Gasteiger partial charge in [-0.15, -0.1) is 0 Å². The van der Waals surface area contributed by atoms with Crippen LogP contribution in [0.3, 0.4) is 0 Å². The molecule has 0 heterocycles. The van der Waals surface area contributed by atoms with Crippen molar-refractivity contribution >= 4 is 39.0 Å². The molecule has 116 valence electrons. The molecule has 21 heavy (non-hydrogen) atoms. The van der Waals surface area contributed by atoms with Gasteiger partial charge in [-0.05, 0) is 13.0 Å². The number of carboxylic acid groups (broad SMARTS) is 1. The van der Waals surface area contributed by atoms with Crippen molar-refractivity contribution in [3.8, 4) is 0 Å². The maximum atomic E-state index is 12.1. The number of nitro benzene ring substituents is 1. The maximum Gasteiger partial charge on any atom is 0.305 e. The third kappa shape index (κ3) is 4.30. The van der Waals surface area contributed by atoms with Gasteiger partial charge in [0.2, 0.25) is 10.0 Å². The molecular formula is C11H13ClN2O6S. The van der Waals surface area contributed by atoms with Crippen molar-refractivity contribution in [2.45, 2.75) is 13.3 Å². The van der Waals surface area contributed by atoms with Crippen LogP contribution in [0, 0.1) is 10.1 Å². The van der Waals surface area contributed by atoms with Crippen LogP contribution in [0.15, 0.2) is 18.2 Å². The molecule has 1 rings (SSSR count). The molecule has 0 spiro atoms. The van der Waals surface area contributed by atoms with Gasteiger partial charge in [-0.3, -0.25) is 19.2 Å². The van der Waals surface area contributed by atoms with Crippen LogP contribution in [0.1, 0.15) is 13.3 Å². The Morgan fingerprint density at radius 1 is 1.48 bits per heavy atom. The lowest BCUT2D eigenvalue weighted by atomic mass is 10.2. The Balaban J connectivity index is 3.34. The second-order valence-electron chi connectivity index (χ2n) is 4.01. The molecule has 10 heteroatoms. The predicted octanol–water partition coefficient (Wildman–Crippen LogP) is 1.88. The summed E-state index contributed by atoms with van der Waals surface area (Å²) in [5.41, 5.74) is -0.435. The van der Waals surface area contributed by atoms with Crippen LogP contribution >= 0.6 is 11.6 Å². The van der Waals surface area contributed by atoms with Gasteiger partial charge < -0.3 is 5.11 Å². The average molecular weight is 337 g/mol. The van der Waals surface area contributed by atoms with Gasteiger partial charge in [0.15, 0.2) is 0 Å². The minimum absolute atomic E-state index is 0.0111. The molecule has 0 saturated heterocycles. The molecule has 0 saturated carbocycles. The fourth-order valence-corrected chi connectivity index (χ4v) is 2.97. The summed E-state index contributed by atoms with van der Waals surface area (Å²) in [6.07, 6.45) is -0.446. The molecule has 0 unspecified atom stereocenters. The second-order valence-corrected chi connectivity index (χ2v) is 6.60. The van der Waals surface area contributed by atoms with E-state index in [1.54, 1.807) is 0 Å². The number of hydrogen-bond acceptors (Lipinski definition) is 5. The number of aliphatic carboxylic acids is 1. The lowest BCUT2D eigenvalue weighted by Crippen LogP contribution is -2.34. The first-order valence-corrected chi connectivity index (χ1v) is 7.84. The van der Waals surface area contributed by atoms with E-state index in [0.29, 0.717) is 0 Å². The molecule has 1 aromatic carbocycles. The molecule has 0 atom stereocenters. The van der Waals surface area contributed by atoms with Crippen LogP contribution < -0.4 is 4.31 Å². The first kappa shape index (κ1) is 17.2. The first-order valence-electron chi connectivity index (χ1n) is 5.85. The van der Waals surface area contributed by atoms with Gasteiger partial charge in [0.25, 0.3) is 5.69 Å². The predicted molar refractivity (Wildman–Crippen MR) is 77.2 cm³/mol. The number of carboxylic acids is 1. The van der Waals surface area contributed by atoms with Crippen LogP contribution in [0.25, 0.3) is 0 Å². The van der Waals surface area contributed by atoms with Crippen molar-refractivity contribution < 1.29 is 23.2 Å². The monoisotopic (exact) mass is 336 g/mol. The molecule has 8 nitrogen and oxygen atoms in total. The van der Waals surface area contributed by atoms with Gasteiger partial charge in [0, 0.05) is 18.7 Å². The topological polar surface area (TPSA) is 118 Å². The maximum absolute atomic E-state index is 12.1. The smallest absolute Gasteiger partial charge is 0.305 e. The van der Waals surface area contributed by atoms with E-state index in [1.807, 2.05) is 0 Å². The standard InChI is InChI=1S/C11H13ClN2O6S/c1-2-21(19,20)13(6-5-11(15)16)10-7-8(14(17)18)3-4-9(10)12/h3-4,7H,2,5-6H2,1H3,(H,15,16). The summed E-state index contributed by atoms with van der Waals surface area (Å²) in [7, 11) is -3.81. The summed E-state index contributed by atoms with van der Waals surface area (Å²) in [4.78, 5) is 20.7. The van der Waals surface area contributed by atoms with E-state index in [2.05, 4.69) is 0 Å². The van der Waals surface area contributed by atoms with Crippen molar-refractivity contribution in [3.63, 3.8) is 0 Å². The highest BCUT2D eigenvalue weighted by atomic mass is 35.5. The lowest BCUT2D eigenvalue weighted by Gasteiger charge is -2.23. The van der Waals surface area contributed by atoms with Crippen molar-refractivity contribution in [3.05, 3.63) is 33.3 Å². The number of rotatable bonds is 7. The van der Waals surface area contributed by atoms with E-state index < -0.39 is 27.3 Å². The Morgan fingerprint density at radius 3 is 2.57 bits per heavy atom. The number of nitrogens with zero attached hydrogens (tertiary/aromatic N) is 2. The van der Waals surface area contributed by atoms with Gasteiger partial charge in [0.05, 0.1) is 27.8 Å². The Morgan fingerprint density at radius 2 is 2.10 bits per heavy atom. The van der Waals surface area contributed by atoms with Crippen LogP contribution in [0.5, 0.6) is 0 Å². The van der Waals surface area contributed by atoms with E-state index in [-0.39, 0.29) is 28.7 Å². The van der Waals surface area contributed by atoms with E-state index >= 15 is 0 Å². The number of carbonyl (C=O) groups is 1. The highest BCUT2D eigenvalue weighted by molar-refractivity contribution is 7.92. The number of non-ortho nitro benzene ring substituents is 1. The molecule has 0 aliphatic carbocycles. The van der Waals surface area contributed by atoms with Crippen molar-refractivity contribution in [2.24, 2.45) is 0 Å². The second kappa shape index (κ2) is 6.72. The molecule has 1 N–H and O–H groups in total. The van der Waals surface area contributed by atoms with Gasteiger partial charge in [-0.25, -0.2) is 8.42 Å². The minimum Gasteiger partial charge on any atom is -0.481 e. The highest BCUT2D eigenvalue weighted by Gasteiger charge is 2.25. The third-order valence-corrected chi connectivity index (χ3v) is 4.74. The summed E-state index contributed by atoms with van der Waals surface area (Å²) >= 11 is 5.90. The molecule has 1 aromatic rings. The zero-order valence-electron chi connectivity index (χ0n) is 11.0. The fraction of sp³-hybridized carbons (Fsp3) is 0.364. The quantitative estimate of drug-likeness (QED) is 0.600. The Hall–Kier alpha value is -1.87. The molecule has 0 aromatic heterocycles. The summed E-state index contributed by atoms with van der Waals surface area (Å²) in [5, 5.41) is 19.5. The van der Waals surface area contributed by atoms with E-state index in [4.69, 9.17) is 16.7 Å². The van der Waals surface area contributed by atoms with Crippen LogP contribution in [0.4, 0.5) is 11.4 Å². The zero-order chi connectivity index (χ0) is 16.2. The van der Waals surface area contributed by atoms with Crippen LogP contribution in [-0.4, -0.2) is 36.7 Å². The van der Waals surface area contributed by atoms with Gasteiger partial charge in [-0.1, -0.05) is 11.6 Å². The Labute approximate surface area is 126 Å². The van der Waals surface area contributed by atoms with E-state index in [1.165, 1.54) is 13.0 Å². The molecule has 0 bridgehead atoms. The molecular weight excluding hydrogens is 324 g/mol. The van der Waals surface area contributed by atoms with Gasteiger partial charge >= 0.3 is 5.97 Å². The SMILES string of the molecule is CCS(=O)(=O)N(CCC(=O)O)c1cc([N+](=O)[O-])ccc1Cl. The molecule has 0 radical (unpaired) electrons. The zero-order valence-corrected chi connectivity index (χ0v) is 12.6. The number of sulfonamides is 1. The first-order chi connectivity index (χ1) is 9.69. The van der Waals surface area contributed by atoms with Crippen LogP contribution in [-0.2, 0) is 14.8 Å². The molecule has 0 aliphatic rings. The number of hydrogen-bond donors (Lipinski definition) is 1. The summed E-state index contributed by atoms with van der Waals surface area (Å²) < 4.78 is 24.9. The van der Waals surface area contributed by atoms with Crippen LogP contribution in [0.2, 0.25) is 5.02 Å². The Kier molecular flexibility index (Phi) is 5.50. The molecule has 0 aliphatic heterocycles. The third-order valence-electron chi connectivity index (χ3n) is 2.64. The Bertz CT molecular complexity index is 661. The largest absolute Gasteiger partial charge is 0.481 e. The minimum atomic E-state index is -3.81. The average Bonchev–Trinajstić information content (AvgIpc) is 2.40. The van der Waals surface area contributed by atoms with Crippen molar-refractivity contribution in [2.75, 3.05) is 16.6 Å². The van der Waals surface area contributed by atoms with Gasteiger partial charge in [-0.2, -0.15) is 0 Å². The number of halogens is 1. The van der Waals surface area contributed by atoms with E-state index in [9.17, 15) is 23.3 Å². The number of nitro groups is 1. The molecule has 0 amide bonds. The van der Waals surface area contributed by atoms with Crippen molar-refractivity contribution in [1.82, 2.24) is 0 Å². The fourth-order valence-electron chi connectivity index (χ4n) is 1.57. The summed E-state index contributed by atoms with van der Waals surface area (Å²) in [5.74, 6) is -1.47. The summed E-state index contributed by atoms with van der Waals surface area (Å²) in [6.45, 7) is 1.03. The lowest BCUT2D eigenvalue weighted by molar-refractivity contribution is -0.384. The number of anilines is 1. The van der Waals surface area contributed by atoms with Gasteiger partial charge in [0.1, 0.15) is 0 Å². The highest BCUT2D eigenvalue weighted by Crippen LogP contribution is 2.32. The van der Waals surface area contributed by atoms with Crippen molar-refractivity contribution in [1.29, 1.82) is 0 Å². The van der Waals surface area contributed by atoms with E-state index in [0.717, 1.165) is 16.4 Å². The normalized spacial score (nSPS) is 11.1. The summed E-state index contributed by atoms with van der Waals surface area (Å²) in [6, 6.07) is 3.35. The number of benzene rings is 1. The molecule has 0 fully saturated rings.